The summed E-state index contributed by atoms with van der Waals surface area (Å²) in [6.45, 7) is 10.1. The molecule has 2 unspecified atom stereocenters. The lowest BCUT2D eigenvalue weighted by atomic mass is 10.0. The standard InChI is InChI=1S/C13H25NO2/c1-5-16-13(15)9-11(4)14-8-6-7-12(14)10(2)3/h10-12H,5-9H2,1-4H3. The van der Waals surface area contributed by atoms with Crippen LogP contribution in [0.5, 0.6) is 0 Å². The molecule has 1 saturated heterocycles. The average Bonchev–Trinajstić information content (AvgIpc) is 2.65. The molecule has 0 aromatic rings. The van der Waals surface area contributed by atoms with Crippen molar-refractivity contribution in [2.75, 3.05) is 13.2 Å². The van der Waals surface area contributed by atoms with Crippen LogP contribution in [0.2, 0.25) is 0 Å². The van der Waals surface area contributed by atoms with Gasteiger partial charge in [-0.25, -0.2) is 0 Å². The molecular formula is C13H25NO2. The fourth-order valence-electron chi connectivity index (χ4n) is 2.66. The number of esters is 1. The van der Waals surface area contributed by atoms with Crippen molar-refractivity contribution in [3.05, 3.63) is 0 Å². The molecule has 1 fully saturated rings. The van der Waals surface area contributed by atoms with Crippen LogP contribution in [0.25, 0.3) is 0 Å². The molecule has 0 saturated carbocycles. The minimum Gasteiger partial charge on any atom is -0.466 e. The molecule has 0 amide bonds. The van der Waals surface area contributed by atoms with Gasteiger partial charge in [0.05, 0.1) is 13.0 Å². The second kappa shape index (κ2) is 6.24. The van der Waals surface area contributed by atoms with Crippen LogP contribution < -0.4 is 0 Å². The van der Waals surface area contributed by atoms with Crippen LogP contribution in [0.15, 0.2) is 0 Å². The van der Waals surface area contributed by atoms with E-state index in [0.29, 0.717) is 31.0 Å². The molecule has 1 rings (SSSR count). The smallest absolute Gasteiger partial charge is 0.307 e. The summed E-state index contributed by atoms with van der Waals surface area (Å²) in [6.07, 6.45) is 3.05. The second-order valence-electron chi connectivity index (χ2n) is 5.05. The van der Waals surface area contributed by atoms with E-state index < -0.39 is 0 Å². The highest BCUT2D eigenvalue weighted by Gasteiger charge is 2.31. The van der Waals surface area contributed by atoms with Crippen molar-refractivity contribution in [1.29, 1.82) is 0 Å². The van der Waals surface area contributed by atoms with E-state index in [1.165, 1.54) is 12.8 Å². The van der Waals surface area contributed by atoms with Crippen molar-refractivity contribution in [3.63, 3.8) is 0 Å². The Kier molecular flexibility index (Phi) is 5.26. The van der Waals surface area contributed by atoms with Gasteiger partial charge >= 0.3 is 5.97 Å². The maximum atomic E-state index is 11.4. The van der Waals surface area contributed by atoms with E-state index in [1.54, 1.807) is 0 Å². The molecule has 3 nitrogen and oxygen atoms in total. The van der Waals surface area contributed by atoms with Gasteiger partial charge in [-0.05, 0) is 39.2 Å². The highest BCUT2D eigenvalue weighted by molar-refractivity contribution is 5.70. The van der Waals surface area contributed by atoms with Crippen molar-refractivity contribution in [2.45, 2.75) is 59.0 Å². The van der Waals surface area contributed by atoms with Gasteiger partial charge in [0.25, 0.3) is 0 Å². The molecular weight excluding hydrogens is 202 g/mol. The second-order valence-corrected chi connectivity index (χ2v) is 5.05. The Morgan fingerprint density at radius 1 is 1.44 bits per heavy atom. The molecule has 1 aliphatic rings. The zero-order valence-corrected chi connectivity index (χ0v) is 11.0. The van der Waals surface area contributed by atoms with E-state index in [-0.39, 0.29) is 5.97 Å². The van der Waals surface area contributed by atoms with Gasteiger partial charge in [-0.1, -0.05) is 13.8 Å². The molecule has 0 aromatic carbocycles. The number of carbonyl (C=O) groups excluding carboxylic acids is 1. The first kappa shape index (κ1) is 13.5. The SMILES string of the molecule is CCOC(=O)CC(C)N1CCCC1C(C)C. The predicted molar refractivity (Wildman–Crippen MR) is 65.3 cm³/mol. The Bertz CT molecular complexity index is 228. The summed E-state index contributed by atoms with van der Waals surface area (Å²) in [6, 6.07) is 0.957. The summed E-state index contributed by atoms with van der Waals surface area (Å²) in [5.74, 6) is 0.608. The van der Waals surface area contributed by atoms with Crippen LogP contribution >= 0.6 is 0 Å². The normalized spacial score (nSPS) is 23.7. The van der Waals surface area contributed by atoms with Crippen molar-refractivity contribution in [2.24, 2.45) is 5.92 Å². The summed E-state index contributed by atoms with van der Waals surface area (Å²) in [5.41, 5.74) is 0. The zero-order chi connectivity index (χ0) is 12.1. The van der Waals surface area contributed by atoms with Crippen LogP contribution in [0, 0.1) is 5.92 Å². The van der Waals surface area contributed by atoms with Crippen molar-refractivity contribution in [1.82, 2.24) is 4.90 Å². The predicted octanol–water partition coefficient (Wildman–Crippen LogP) is 2.45. The third-order valence-corrected chi connectivity index (χ3v) is 3.45. The van der Waals surface area contributed by atoms with E-state index in [4.69, 9.17) is 4.74 Å². The van der Waals surface area contributed by atoms with Gasteiger partial charge in [-0.15, -0.1) is 0 Å². The number of ether oxygens (including phenoxy) is 1. The number of hydrogen-bond acceptors (Lipinski definition) is 3. The van der Waals surface area contributed by atoms with Gasteiger partial charge in [-0.3, -0.25) is 9.69 Å². The maximum Gasteiger partial charge on any atom is 0.307 e. The molecule has 0 spiro atoms. The number of carbonyl (C=O) groups is 1. The molecule has 0 aliphatic carbocycles. The fraction of sp³-hybridized carbons (Fsp3) is 0.923. The van der Waals surface area contributed by atoms with Crippen molar-refractivity contribution >= 4 is 5.97 Å². The lowest BCUT2D eigenvalue weighted by molar-refractivity contribution is -0.144. The van der Waals surface area contributed by atoms with Gasteiger partial charge in [0.15, 0.2) is 0 Å². The Balaban J connectivity index is 2.46. The highest BCUT2D eigenvalue weighted by Crippen LogP contribution is 2.26. The van der Waals surface area contributed by atoms with Gasteiger partial charge in [-0.2, -0.15) is 0 Å². The Morgan fingerprint density at radius 2 is 2.12 bits per heavy atom. The first-order valence-corrected chi connectivity index (χ1v) is 6.47. The van der Waals surface area contributed by atoms with E-state index in [9.17, 15) is 4.79 Å². The van der Waals surface area contributed by atoms with Gasteiger partial charge in [0, 0.05) is 12.1 Å². The lowest BCUT2D eigenvalue weighted by Gasteiger charge is -2.32. The van der Waals surface area contributed by atoms with Gasteiger partial charge in [0.1, 0.15) is 0 Å². The molecule has 0 bridgehead atoms. The summed E-state index contributed by atoms with van der Waals surface area (Å²) in [7, 11) is 0. The zero-order valence-electron chi connectivity index (χ0n) is 11.0. The number of hydrogen-bond donors (Lipinski definition) is 0. The molecule has 1 heterocycles. The summed E-state index contributed by atoms with van der Waals surface area (Å²) in [5, 5.41) is 0. The van der Waals surface area contributed by atoms with Crippen LogP contribution in [0.1, 0.15) is 47.0 Å². The highest BCUT2D eigenvalue weighted by atomic mass is 16.5. The third kappa shape index (κ3) is 3.48. The Morgan fingerprint density at radius 3 is 2.69 bits per heavy atom. The number of likely N-dealkylation sites (tertiary alicyclic amines) is 1. The molecule has 0 radical (unpaired) electrons. The van der Waals surface area contributed by atoms with Crippen molar-refractivity contribution in [3.8, 4) is 0 Å². The molecule has 3 heteroatoms. The molecule has 0 N–H and O–H groups in total. The first-order valence-electron chi connectivity index (χ1n) is 6.47. The molecule has 2 atom stereocenters. The molecule has 94 valence electrons. The quantitative estimate of drug-likeness (QED) is 0.676. The van der Waals surface area contributed by atoms with Crippen LogP contribution in [-0.2, 0) is 9.53 Å². The minimum atomic E-state index is -0.0654. The van der Waals surface area contributed by atoms with E-state index in [2.05, 4.69) is 25.7 Å². The van der Waals surface area contributed by atoms with E-state index >= 15 is 0 Å². The molecule has 0 aromatic heterocycles. The lowest BCUT2D eigenvalue weighted by Crippen LogP contribution is -2.41. The number of nitrogens with zero attached hydrogens (tertiary/aromatic N) is 1. The molecule has 1 aliphatic heterocycles. The maximum absolute atomic E-state index is 11.4. The average molecular weight is 227 g/mol. The van der Waals surface area contributed by atoms with Crippen LogP contribution in [0.4, 0.5) is 0 Å². The van der Waals surface area contributed by atoms with E-state index in [1.807, 2.05) is 6.92 Å². The Hall–Kier alpha value is -0.570. The molecule has 16 heavy (non-hydrogen) atoms. The van der Waals surface area contributed by atoms with Gasteiger partial charge in [0.2, 0.25) is 0 Å². The van der Waals surface area contributed by atoms with Crippen LogP contribution in [0.3, 0.4) is 0 Å². The topological polar surface area (TPSA) is 29.5 Å². The number of rotatable bonds is 5. The fourth-order valence-corrected chi connectivity index (χ4v) is 2.66. The third-order valence-electron chi connectivity index (χ3n) is 3.45. The van der Waals surface area contributed by atoms with Crippen molar-refractivity contribution < 1.29 is 9.53 Å². The summed E-state index contributed by atoms with van der Waals surface area (Å²) in [4.78, 5) is 13.9. The summed E-state index contributed by atoms with van der Waals surface area (Å²) < 4.78 is 5.00. The first-order chi connectivity index (χ1) is 7.56. The minimum absolute atomic E-state index is 0.0654. The monoisotopic (exact) mass is 227 g/mol. The summed E-state index contributed by atoms with van der Waals surface area (Å²) >= 11 is 0. The van der Waals surface area contributed by atoms with Gasteiger partial charge < -0.3 is 4.74 Å². The Labute approximate surface area is 99.1 Å². The van der Waals surface area contributed by atoms with Crippen LogP contribution in [-0.4, -0.2) is 36.1 Å². The largest absolute Gasteiger partial charge is 0.466 e. The van der Waals surface area contributed by atoms with E-state index in [0.717, 1.165) is 6.54 Å².